The molecule has 0 aliphatic heterocycles. The highest BCUT2D eigenvalue weighted by atomic mass is 15.3. The zero-order chi connectivity index (χ0) is 12.8. The van der Waals surface area contributed by atoms with Gasteiger partial charge in [0.1, 0.15) is 17.5 Å². The van der Waals surface area contributed by atoms with E-state index in [1.54, 1.807) is 0 Å². The normalized spacial score (nSPS) is 10.4. The summed E-state index contributed by atoms with van der Waals surface area (Å²) in [6.07, 6.45) is 1.91. The maximum absolute atomic E-state index is 5.50. The number of rotatable bonds is 6. The molecule has 0 saturated carbocycles. The van der Waals surface area contributed by atoms with Crippen LogP contribution >= 0.6 is 0 Å². The zero-order valence-electron chi connectivity index (χ0n) is 11.2. The Bertz CT molecular complexity index is 364. The van der Waals surface area contributed by atoms with Crippen molar-refractivity contribution in [3.63, 3.8) is 0 Å². The third kappa shape index (κ3) is 3.06. The number of nitrogens with zero attached hydrogens (tertiary/aromatic N) is 3. The lowest BCUT2D eigenvalue weighted by atomic mass is 10.2. The maximum Gasteiger partial charge on any atom is 0.148 e. The lowest BCUT2D eigenvalue weighted by Crippen LogP contribution is -2.27. The second-order valence-electron chi connectivity index (χ2n) is 4.01. The molecular weight excluding hydrogens is 214 g/mol. The van der Waals surface area contributed by atoms with E-state index in [9.17, 15) is 0 Å². The number of hydrazine groups is 1. The number of nitrogens with two attached hydrogens (primary N) is 1. The molecule has 0 spiro atoms. The molecular formula is C12H23N5. The summed E-state index contributed by atoms with van der Waals surface area (Å²) in [6, 6.07) is 0. The Morgan fingerprint density at radius 3 is 2.41 bits per heavy atom. The van der Waals surface area contributed by atoms with Crippen LogP contribution in [0.25, 0.3) is 0 Å². The Balaban J connectivity index is 3.19. The average Bonchev–Trinajstić information content (AvgIpc) is 2.36. The molecule has 0 atom stereocenters. The molecule has 0 amide bonds. The smallest absolute Gasteiger partial charge is 0.148 e. The summed E-state index contributed by atoms with van der Waals surface area (Å²) >= 11 is 0. The fraction of sp³-hybridized carbons (Fsp3) is 0.667. The summed E-state index contributed by atoms with van der Waals surface area (Å²) in [7, 11) is 0. The van der Waals surface area contributed by atoms with Gasteiger partial charge in [-0.2, -0.15) is 0 Å². The number of nitrogen functional groups attached to an aromatic ring is 1. The predicted molar refractivity (Wildman–Crippen MR) is 72.1 cm³/mol. The Labute approximate surface area is 103 Å². The van der Waals surface area contributed by atoms with Gasteiger partial charge >= 0.3 is 0 Å². The van der Waals surface area contributed by atoms with Gasteiger partial charge < -0.3 is 10.3 Å². The van der Waals surface area contributed by atoms with Crippen LogP contribution in [0.3, 0.4) is 0 Å². The van der Waals surface area contributed by atoms with E-state index in [1.165, 1.54) is 0 Å². The van der Waals surface area contributed by atoms with Crippen LogP contribution in [0.4, 0.5) is 11.6 Å². The van der Waals surface area contributed by atoms with E-state index in [0.717, 1.165) is 49.0 Å². The van der Waals surface area contributed by atoms with E-state index >= 15 is 0 Å². The van der Waals surface area contributed by atoms with Crippen LogP contribution in [0, 0.1) is 6.92 Å². The molecule has 0 aliphatic carbocycles. The zero-order valence-corrected chi connectivity index (χ0v) is 11.2. The molecule has 1 heterocycles. The first-order valence-electron chi connectivity index (χ1n) is 6.26. The third-order valence-electron chi connectivity index (χ3n) is 2.79. The SMILES string of the molecule is CCCN(CC)c1nc(CC)nc(NN)c1C. The highest BCUT2D eigenvalue weighted by molar-refractivity contribution is 5.58. The summed E-state index contributed by atoms with van der Waals surface area (Å²) in [6.45, 7) is 10.3. The first kappa shape index (κ1) is 13.7. The van der Waals surface area contributed by atoms with Gasteiger partial charge in [-0.15, -0.1) is 0 Å². The molecule has 0 radical (unpaired) electrons. The predicted octanol–water partition coefficient (Wildman–Crippen LogP) is 1.87. The Morgan fingerprint density at radius 2 is 1.94 bits per heavy atom. The monoisotopic (exact) mass is 237 g/mol. The van der Waals surface area contributed by atoms with Crippen LogP contribution in [0.1, 0.15) is 38.6 Å². The van der Waals surface area contributed by atoms with Crippen LogP contribution in [-0.4, -0.2) is 23.1 Å². The molecule has 1 aromatic rings. The minimum Gasteiger partial charge on any atom is -0.357 e. The third-order valence-corrected chi connectivity index (χ3v) is 2.79. The van der Waals surface area contributed by atoms with E-state index in [1.807, 2.05) is 13.8 Å². The van der Waals surface area contributed by atoms with Crippen molar-refractivity contribution in [3.05, 3.63) is 11.4 Å². The number of anilines is 2. The molecule has 0 fully saturated rings. The van der Waals surface area contributed by atoms with Gasteiger partial charge in [0.05, 0.1) is 0 Å². The molecule has 0 aromatic carbocycles. The van der Waals surface area contributed by atoms with E-state index in [2.05, 4.69) is 34.1 Å². The maximum atomic E-state index is 5.50. The molecule has 1 aromatic heterocycles. The van der Waals surface area contributed by atoms with E-state index in [-0.39, 0.29) is 0 Å². The van der Waals surface area contributed by atoms with Gasteiger partial charge in [0.25, 0.3) is 0 Å². The fourth-order valence-electron chi connectivity index (χ4n) is 1.84. The highest BCUT2D eigenvalue weighted by Gasteiger charge is 2.14. The number of hydrogen-bond acceptors (Lipinski definition) is 5. The largest absolute Gasteiger partial charge is 0.357 e. The number of nitrogens with one attached hydrogen (secondary N) is 1. The molecule has 0 bridgehead atoms. The van der Waals surface area contributed by atoms with Crippen molar-refractivity contribution in [1.29, 1.82) is 0 Å². The van der Waals surface area contributed by atoms with Gasteiger partial charge in [-0.1, -0.05) is 13.8 Å². The average molecular weight is 237 g/mol. The van der Waals surface area contributed by atoms with Crippen LogP contribution in [0.2, 0.25) is 0 Å². The Morgan fingerprint density at radius 1 is 1.24 bits per heavy atom. The van der Waals surface area contributed by atoms with Gasteiger partial charge in [0, 0.05) is 25.1 Å². The number of hydrogen-bond donors (Lipinski definition) is 2. The van der Waals surface area contributed by atoms with E-state index < -0.39 is 0 Å². The first-order chi connectivity index (χ1) is 8.17. The van der Waals surface area contributed by atoms with Gasteiger partial charge in [-0.3, -0.25) is 0 Å². The molecule has 0 aliphatic rings. The van der Waals surface area contributed by atoms with Gasteiger partial charge in [-0.25, -0.2) is 15.8 Å². The standard InChI is InChI=1S/C12H23N5/c1-5-8-17(7-3)12-9(4)11(16-13)14-10(6-2)15-12/h5-8,13H2,1-4H3,(H,14,15,16). The lowest BCUT2D eigenvalue weighted by molar-refractivity contribution is 0.763. The Kier molecular flexibility index (Phi) is 5.15. The molecule has 0 unspecified atom stereocenters. The van der Waals surface area contributed by atoms with Gasteiger partial charge in [-0.05, 0) is 20.3 Å². The molecule has 3 N–H and O–H groups in total. The summed E-state index contributed by atoms with van der Waals surface area (Å²) in [5.74, 6) is 8.04. The molecule has 17 heavy (non-hydrogen) atoms. The lowest BCUT2D eigenvalue weighted by Gasteiger charge is -2.24. The molecule has 1 rings (SSSR count). The Hall–Kier alpha value is -1.36. The molecule has 5 nitrogen and oxygen atoms in total. The van der Waals surface area contributed by atoms with Gasteiger partial charge in [0.2, 0.25) is 0 Å². The van der Waals surface area contributed by atoms with E-state index in [4.69, 9.17) is 5.84 Å². The fourth-order valence-corrected chi connectivity index (χ4v) is 1.84. The quantitative estimate of drug-likeness (QED) is 0.584. The summed E-state index contributed by atoms with van der Waals surface area (Å²) in [5.41, 5.74) is 3.67. The topological polar surface area (TPSA) is 67.1 Å². The molecule has 0 saturated heterocycles. The molecule has 5 heteroatoms. The number of aryl methyl sites for hydroxylation is 1. The van der Waals surface area contributed by atoms with Crippen molar-refractivity contribution in [2.45, 2.75) is 40.5 Å². The van der Waals surface area contributed by atoms with Crippen LogP contribution < -0.4 is 16.2 Å². The van der Waals surface area contributed by atoms with E-state index in [0.29, 0.717) is 0 Å². The summed E-state index contributed by atoms with van der Waals surface area (Å²) in [5, 5.41) is 0. The van der Waals surface area contributed by atoms with Crippen molar-refractivity contribution in [1.82, 2.24) is 9.97 Å². The van der Waals surface area contributed by atoms with Crippen LogP contribution in [0.5, 0.6) is 0 Å². The highest BCUT2D eigenvalue weighted by Crippen LogP contribution is 2.23. The molecule has 96 valence electrons. The van der Waals surface area contributed by atoms with Crippen molar-refractivity contribution in [2.24, 2.45) is 5.84 Å². The van der Waals surface area contributed by atoms with Crippen molar-refractivity contribution in [3.8, 4) is 0 Å². The second-order valence-corrected chi connectivity index (χ2v) is 4.01. The van der Waals surface area contributed by atoms with Crippen molar-refractivity contribution in [2.75, 3.05) is 23.4 Å². The van der Waals surface area contributed by atoms with Crippen molar-refractivity contribution < 1.29 is 0 Å². The summed E-state index contributed by atoms with van der Waals surface area (Å²) < 4.78 is 0. The van der Waals surface area contributed by atoms with Gasteiger partial charge in [0.15, 0.2) is 0 Å². The minimum atomic E-state index is 0.724. The first-order valence-corrected chi connectivity index (χ1v) is 6.26. The van der Waals surface area contributed by atoms with Crippen molar-refractivity contribution >= 4 is 11.6 Å². The van der Waals surface area contributed by atoms with Crippen LogP contribution in [0.15, 0.2) is 0 Å². The summed E-state index contributed by atoms with van der Waals surface area (Å²) in [4.78, 5) is 11.2. The van der Waals surface area contributed by atoms with Crippen LogP contribution in [-0.2, 0) is 6.42 Å². The second kappa shape index (κ2) is 6.39. The number of aromatic nitrogens is 2. The minimum absolute atomic E-state index is 0.724.